The average Bonchev–Trinajstić information content (AvgIpc) is 3.53. The molecule has 0 aliphatic carbocycles. The largest absolute Gasteiger partial charge is 0.457 e. The first-order valence-electron chi connectivity index (χ1n) is 15.9. The van der Waals surface area contributed by atoms with Crippen molar-refractivity contribution in [2.75, 3.05) is 10.6 Å². The first-order chi connectivity index (χ1) is 23.5. The lowest BCUT2D eigenvalue weighted by atomic mass is 9.90. The van der Waals surface area contributed by atoms with Gasteiger partial charge in [-0.15, -0.1) is 0 Å². The molecule has 9 heteroatoms. The first-order valence-corrected chi connectivity index (χ1v) is 15.9. The van der Waals surface area contributed by atoms with Gasteiger partial charge in [0.05, 0.1) is 42.7 Å². The van der Waals surface area contributed by atoms with E-state index in [-0.39, 0.29) is 30.8 Å². The highest BCUT2D eigenvalue weighted by molar-refractivity contribution is 5.99. The van der Waals surface area contributed by atoms with E-state index in [1.807, 2.05) is 103 Å². The fraction of sp³-hybridized carbons (Fsp3) is 0.179. The second-order valence-corrected chi connectivity index (χ2v) is 11.9. The Kier molecular flexibility index (Phi) is 9.15. The molecule has 48 heavy (non-hydrogen) atoms. The van der Waals surface area contributed by atoms with Gasteiger partial charge in [0.15, 0.2) is 6.29 Å². The zero-order valence-electron chi connectivity index (χ0n) is 26.4. The third-order valence-electron chi connectivity index (χ3n) is 8.54. The van der Waals surface area contributed by atoms with Crippen molar-refractivity contribution in [1.29, 1.82) is 0 Å². The number of urea groups is 1. The Balaban J connectivity index is 1.07. The van der Waals surface area contributed by atoms with Gasteiger partial charge in [-0.05, 0) is 71.8 Å². The summed E-state index contributed by atoms with van der Waals surface area (Å²) in [6.07, 6.45) is 0.677. The van der Waals surface area contributed by atoms with E-state index < -0.39 is 6.29 Å². The number of ether oxygens (including phenoxy) is 3. The molecule has 0 saturated carbocycles. The maximum absolute atomic E-state index is 13.0. The van der Waals surface area contributed by atoms with Crippen LogP contribution >= 0.6 is 0 Å². The van der Waals surface area contributed by atoms with Crippen LogP contribution < -0.4 is 15.4 Å². The number of nitrogens with one attached hydrogen (secondary N) is 2. The number of anilines is 2. The number of nitrogens with zero attached hydrogens (tertiary/aromatic N) is 2. The Morgan fingerprint density at radius 3 is 2.31 bits per heavy atom. The molecule has 3 N–H and O–H groups in total. The monoisotopic (exact) mass is 640 g/mol. The minimum atomic E-state index is -0.689. The minimum absolute atomic E-state index is 0.000967. The highest BCUT2D eigenvalue weighted by atomic mass is 16.7. The van der Waals surface area contributed by atoms with Gasteiger partial charge in [0.2, 0.25) is 0 Å². The molecule has 2 amide bonds. The molecule has 1 fully saturated rings. The number of imidazole rings is 1. The van der Waals surface area contributed by atoms with Gasteiger partial charge >= 0.3 is 6.03 Å². The number of para-hydroxylation sites is 3. The van der Waals surface area contributed by atoms with E-state index in [0.29, 0.717) is 23.7 Å². The molecule has 1 aromatic heterocycles. The van der Waals surface area contributed by atoms with Crippen LogP contribution in [0.2, 0.25) is 0 Å². The topological polar surface area (TPSA) is 107 Å². The molecule has 0 unspecified atom stereocenters. The predicted molar refractivity (Wildman–Crippen MR) is 185 cm³/mol. The van der Waals surface area contributed by atoms with Crippen LogP contribution in [0.1, 0.15) is 36.0 Å². The summed E-state index contributed by atoms with van der Waals surface area (Å²) in [7, 11) is 0. The van der Waals surface area contributed by atoms with E-state index in [9.17, 15) is 9.90 Å². The molecule has 1 saturated heterocycles. The van der Waals surface area contributed by atoms with Gasteiger partial charge in [0.25, 0.3) is 0 Å². The molecule has 0 bridgehead atoms. The molecule has 0 radical (unpaired) electrons. The molecule has 1 aliphatic rings. The SMILES string of the molecule is C[C@H]1[C@@H](Cn2cnc3ccccc32)O[C@@H](c2cccc(NC(=O)Nc3ccc(Oc4ccccc4)cc3)c2)O[C@H]1c1ccc(CO)cc1. The standard InChI is InChI=1S/C39H36N4O5/c1-26-36(23-43-25-40-34-12-5-6-13-35(34)43)47-38(48-37(26)28-16-14-27(24-44)15-17-28)29-8-7-9-31(22-29)42-39(45)41-30-18-20-33(21-19-30)46-32-10-3-2-4-11-32/h2-22,25-26,36-38,44H,23-24H2,1H3,(H2,41,42,45)/t26-,36+,37+,38+/m0/s1. The van der Waals surface area contributed by atoms with Gasteiger partial charge in [-0.1, -0.05) is 73.7 Å². The second kappa shape index (κ2) is 14.1. The predicted octanol–water partition coefficient (Wildman–Crippen LogP) is 8.46. The summed E-state index contributed by atoms with van der Waals surface area (Å²) >= 11 is 0. The first kappa shape index (κ1) is 31.1. The molecule has 7 rings (SSSR count). The van der Waals surface area contributed by atoms with Crippen molar-refractivity contribution in [3.63, 3.8) is 0 Å². The Morgan fingerprint density at radius 1 is 0.792 bits per heavy atom. The third-order valence-corrected chi connectivity index (χ3v) is 8.54. The molecule has 2 heterocycles. The minimum Gasteiger partial charge on any atom is -0.457 e. The lowest BCUT2D eigenvalue weighted by molar-refractivity contribution is -0.276. The van der Waals surface area contributed by atoms with Gasteiger partial charge in [-0.25, -0.2) is 9.78 Å². The fourth-order valence-electron chi connectivity index (χ4n) is 5.97. The number of rotatable bonds is 9. The molecular formula is C39H36N4O5. The van der Waals surface area contributed by atoms with Gasteiger partial charge in [0, 0.05) is 22.9 Å². The van der Waals surface area contributed by atoms with E-state index in [1.165, 1.54) is 0 Å². The van der Waals surface area contributed by atoms with Crippen molar-refractivity contribution in [1.82, 2.24) is 9.55 Å². The van der Waals surface area contributed by atoms with E-state index >= 15 is 0 Å². The zero-order chi connectivity index (χ0) is 32.9. The molecule has 5 aromatic carbocycles. The number of carbonyl (C=O) groups is 1. The maximum Gasteiger partial charge on any atom is 0.323 e. The summed E-state index contributed by atoms with van der Waals surface area (Å²) in [5.74, 6) is 1.41. The summed E-state index contributed by atoms with van der Waals surface area (Å²) in [5, 5.41) is 15.4. The van der Waals surface area contributed by atoms with Crippen LogP contribution in [0.15, 0.2) is 134 Å². The molecule has 6 aromatic rings. The van der Waals surface area contributed by atoms with E-state index in [2.05, 4.69) is 33.2 Å². The van der Waals surface area contributed by atoms with Crippen LogP contribution in [0.25, 0.3) is 11.0 Å². The summed E-state index contributed by atoms with van der Waals surface area (Å²) in [5.41, 5.74) is 5.81. The highest BCUT2D eigenvalue weighted by Crippen LogP contribution is 2.42. The molecule has 9 nitrogen and oxygen atoms in total. The summed E-state index contributed by atoms with van der Waals surface area (Å²) in [6.45, 7) is 2.69. The van der Waals surface area contributed by atoms with Crippen molar-refractivity contribution in [2.24, 2.45) is 5.92 Å². The van der Waals surface area contributed by atoms with Crippen molar-refractivity contribution < 1.29 is 24.1 Å². The number of carbonyl (C=O) groups excluding carboxylic acids is 1. The van der Waals surface area contributed by atoms with Crippen LogP contribution in [0, 0.1) is 5.92 Å². The number of aliphatic hydroxyl groups is 1. The van der Waals surface area contributed by atoms with Gasteiger partial charge in [-0.3, -0.25) is 0 Å². The summed E-state index contributed by atoms with van der Waals surface area (Å²) in [6, 6.07) is 39.7. The number of aromatic nitrogens is 2. The fourth-order valence-corrected chi connectivity index (χ4v) is 5.97. The lowest BCUT2D eigenvalue weighted by Gasteiger charge is -2.41. The van der Waals surface area contributed by atoms with Crippen molar-refractivity contribution >= 4 is 28.4 Å². The van der Waals surface area contributed by atoms with E-state index in [4.69, 9.17) is 14.2 Å². The van der Waals surface area contributed by atoms with E-state index in [1.54, 1.807) is 24.3 Å². The number of hydrogen-bond acceptors (Lipinski definition) is 6. The molecule has 0 spiro atoms. The third kappa shape index (κ3) is 7.08. The normalized spacial score (nSPS) is 19.1. The average molecular weight is 641 g/mol. The Morgan fingerprint density at radius 2 is 1.52 bits per heavy atom. The maximum atomic E-state index is 13.0. The Bertz CT molecular complexity index is 1980. The van der Waals surface area contributed by atoms with Crippen molar-refractivity contribution in [3.8, 4) is 11.5 Å². The number of hydrogen-bond donors (Lipinski definition) is 3. The smallest absolute Gasteiger partial charge is 0.323 e. The summed E-state index contributed by atoms with van der Waals surface area (Å²) in [4.78, 5) is 17.5. The molecular weight excluding hydrogens is 604 g/mol. The number of amides is 2. The number of benzene rings is 5. The Labute approximate surface area is 278 Å². The van der Waals surface area contributed by atoms with Crippen LogP contribution in [-0.4, -0.2) is 26.8 Å². The van der Waals surface area contributed by atoms with Gasteiger partial charge in [0.1, 0.15) is 11.5 Å². The molecule has 1 aliphatic heterocycles. The van der Waals surface area contributed by atoms with Crippen molar-refractivity contribution in [3.05, 3.63) is 150 Å². The van der Waals surface area contributed by atoms with Crippen LogP contribution in [0.3, 0.4) is 0 Å². The summed E-state index contributed by atoms with van der Waals surface area (Å²) < 4.78 is 21.3. The number of fused-ring (bicyclic) bond motifs is 1. The zero-order valence-corrected chi connectivity index (χ0v) is 26.4. The van der Waals surface area contributed by atoms with Gasteiger partial charge < -0.3 is 34.5 Å². The van der Waals surface area contributed by atoms with Crippen LogP contribution in [0.5, 0.6) is 11.5 Å². The van der Waals surface area contributed by atoms with Gasteiger partial charge in [-0.2, -0.15) is 0 Å². The lowest BCUT2D eigenvalue weighted by Crippen LogP contribution is -2.39. The Hall–Kier alpha value is -5.48. The molecule has 242 valence electrons. The second-order valence-electron chi connectivity index (χ2n) is 11.9. The van der Waals surface area contributed by atoms with E-state index in [0.717, 1.165) is 33.5 Å². The van der Waals surface area contributed by atoms with Crippen molar-refractivity contribution in [2.45, 2.75) is 38.6 Å². The molecule has 4 atom stereocenters. The highest BCUT2D eigenvalue weighted by Gasteiger charge is 2.38. The number of aliphatic hydroxyl groups excluding tert-OH is 1. The quantitative estimate of drug-likeness (QED) is 0.146. The van der Waals surface area contributed by atoms with Crippen LogP contribution in [-0.2, 0) is 22.6 Å². The van der Waals surface area contributed by atoms with Crippen LogP contribution in [0.4, 0.5) is 16.2 Å².